The second-order valence-electron chi connectivity index (χ2n) is 5.91. The Morgan fingerprint density at radius 1 is 1.55 bits per heavy atom. The molecule has 2 aliphatic carbocycles. The second kappa shape index (κ2) is 5.40. The number of ether oxygens (including phenoxy) is 1. The molecule has 2 aliphatic rings. The minimum Gasteiger partial charge on any atom is -0.462 e. The molecule has 5 nitrogen and oxygen atoms in total. The van der Waals surface area contributed by atoms with E-state index < -0.39 is 11.4 Å². The van der Waals surface area contributed by atoms with Gasteiger partial charge in [0.15, 0.2) is 5.78 Å². The maximum absolute atomic E-state index is 12.9. The van der Waals surface area contributed by atoms with Gasteiger partial charge >= 0.3 is 5.97 Å². The average molecular weight is 318 g/mol. The third-order valence-electron chi connectivity index (χ3n) is 4.90. The van der Waals surface area contributed by atoms with Crippen molar-refractivity contribution in [3.63, 3.8) is 0 Å². The van der Waals surface area contributed by atoms with E-state index in [1.54, 1.807) is 6.92 Å². The SMILES string of the molecule is CCOC(=O)c1c(N)sc2c1CCC(C#N)(C1CCC1)C2=O. The molecule has 1 fully saturated rings. The predicted molar refractivity (Wildman–Crippen MR) is 82.7 cm³/mol. The Labute approximate surface area is 133 Å². The number of ketones is 1. The minimum atomic E-state index is -0.922. The van der Waals surface area contributed by atoms with Crippen molar-refractivity contribution in [2.24, 2.45) is 11.3 Å². The Morgan fingerprint density at radius 2 is 2.27 bits per heavy atom. The average Bonchev–Trinajstić information content (AvgIpc) is 2.77. The Bertz CT molecular complexity index is 684. The molecule has 3 rings (SSSR count). The lowest BCUT2D eigenvalue weighted by Crippen LogP contribution is -2.43. The van der Waals surface area contributed by atoms with Gasteiger partial charge in [-0.05, 0) is 44.1 Å². The van der Waals surface area contributed by atoms with E-state index >= 15 is 0 Å². The van der Waals surface area contributed by atoms with Gasteiger partial charge < -0.3 is 10.5 Å². The molecule has 0 bridgehead atoms. The van der Waals surface area contributed by atoms with Crippen molar-refractivity contribution in [2.75, 3.05) is 12.3 Å². The summed E-state index contributed by atoms with van der Waals surface area (Å²) in [5.74, 6) is -0.473. The van der Waals surface area contributed by atoms with Crippen LogP contribution in [0.25, 0.3) is 0 Å². The maximum Gasteiger partial charge on any atom is 0.341 e. The molecule has 1 heterocycles. The van der Waals surface area contributed by atoms with Crippen molar-refractivity contribution >= 4 is 28.1 Å². The fourth-order valence-electron chi connectivity index (χ4n) is 3.46. The highest BCUT2D eigenvalue weighted by Gasteiger charge is 2.52. The highest BCUT2D eigenvalue weighted by Crippen LogP contribution is 2.51. The van der Waals surface area contributed by atoms with Crippen LogP contribution in [0.5, 0.6) is 0 Å². The molecule has 0 aromatic carbocycles. The Kier molecular flexibility index (Phi) is 3.69. The molecule has 1 unspecified atom stereocenters. The molecule has 1 aromatic heterocycles. The first kappa shape index (κ1) is 15.0. The number of esters is 1. The summed E-state index contributed by atoms with van der Waals surface area (Å²) in [6.07, 6.45) is 3.95. The number of nitrogens with two attached hydrogens (primary N) is 1. The zero-order valence-electron chi connectivity index (χ0n) is 12.5. The molecule has 0 radical (unpaired) electrons. The first-order valence-electron chi connectivity index (χ1n) is 7.59. The lowest BCUT2D eigenvalue weighted by Gasteiger charge is -2.41. The molecule has 1 saturated carbocycles. The molecule has 1 aromatic rings. The first-order chi connectivity index (χ1) is 10.5. The van der Waals surface area contributed by atoms with Gasteiger partial charge in [-0.1, -0.05) is 6.42 Å². The molecule has 22 heavy (non-hydrogen) atoms. The topological polar surface area (TPSA) is 93.2 Å². The summed E-state index contributed by atoms with van der Waals surface area (Å²) < 4.78 is 5.04. The van der Waals surface area contributed by atoms with E-state index in [2.05, 4.69) is 6.07 Å². The fraction of sp³-hybridized carbons (Fsp3) is 0.562. The predicted octanol–water partition coefficient (Wildman–Crippen LogP) is 2.95. The van der Waals surface area contributed by atoms with Crippen molar-refractivity contribution < 1.29 is 14.3 Å². The third-order valence-corrected chi connectivity index (χ3v) is 5.96. The van der Waals surface area contributed by atoms with E-state index in [4.69, 9.17) is 10.5 Å². The van der Waals surface area contributed by atoms with E-state index in [-0.39, 0.29) is 18.3 Å². The molecule has 0 amide bonds. The highest BCUT2D eigenvalue weighted by molar-refractivity contribution is 7.18. The number of carbonyl (C=O) groups is 2. The van der Waals surface area contributed by atoms with Crippen LogP contribution in [-0.2, 0) is 11.2 Å². The van der Waals surface area contributed by atoms with E-state index in [9.17, 15) is 14.9 Å². The normalized spacial score (nSPS) is 24.3. The number of rotatable bonds is 3. The van der Waals surface area contributed by atoms with Gasteiger partial charge in [0, 0.05) is 0 Å². The Hall–Kier alpha value is -1.87. The van der Waals surface area contributed by atoms with Gasteiger partial charge in [0.05, 0.1) is 23.1 Å². The first-order valence-corrected chi connectivity index (χ1v) is 8.41. The summed E-state index contributed by atoms with van der Waals surface area (Å²) in [5, 5.41) is 9.97. The number of nitriles is 1. The summed E-state index contributed by atoms with van der Waals surface area (Å²) in [6, 6.07) is 2.29. The summed E-state index contributed by atoms with van der Waals surface area (Å²) in [4.78, 5) is 25.5. The number of Topliss-reactive ketones (excluding diaryl/α,β-unsaturated/α-hetero) is 1. The van der Waals surface area contributed by atoms with Gasteiger partial charge in [-0.3, -0.25) is 4.79 Å². The highest BCUT2D eigenvalue weighted by atomic mass is 32.1. The summed E-state index contributed by atoms with van der Waals surface area (Å²) in [5.41, 5.74) is 6.03. The monoisotopic (exact) mass is 318 g/mol. The van der Waals surface area contributed by atoms with Crippen molar-refractivity contribution in [1.29, 1.82) is 5.26 Å². The molecule has 1 atom stereocenters. The molecular formula is C16H18N2O3S. The van der Waals surface area contributed by atoms with Crippen molar-refractivity contribution in [3.8, 4) is 6.07 Å². The number of hydrogen-bond acceptors (Lipinski definition) is 6. The minimum absolute atomic E-state index is 0.145. The van der Waals surface area contributed by atoms with E-state index in [0.29, 0.717) is 33.8 Å². The van der Waals surface area contributed by atoms with Gasteiger partial charge in [-0.25, -0.2) is 4.79 Å². The lowest BCUT2D eigenvalue weighted by atomic mass is 9.59. The molecular weight excluding hydrogens is 300 g/mol. The molecule has 0 saturated heterocycles. The number of carbonyl (C=O) groups excluding carboxylic acids is 2. The largest absolute Gasteiger partial charge is 0.462 e. The van der Waals surface area contributed by atoms with Gasteiger partial charge in [0.2, 0.25) is 0 Å². The van der Waals surface area contributed by atoms with Crippen LogP contribution in [0.1, 0.15) is 58.2 Å². The smallest absolute Gasteiger partial charge is 0.341 e. The van der Waals surface area contributed by atoms with E-state index in [1.807, 2.05) is 0 Å². The zero-order chi connectivity index (χ0) is 15.9. The summed E-state index contributed by atoms with van der Waals surface area (Å²) >= 11 is 1.13. The maximum atomic E-state index is 12.9. The van der Waals surface area contributed by atoms with Gasteiger partial charge in [-0.15, -0.1) is 11.3 Å². The van der Waals surface area contributed by atoms with Crippen LogP contribution in [0.3, 0.4) is 0 Å². The van der Waals surface area contributed by atoms with E-state index in [1.165, 1.54) is 0 Å². The van der Waals surface area contributed by atoms with Gasteiger partial charge in [-0.2, -0.15) is 5.26 Å². The van der Waals surface area contributed by atoms with Crippen LogP contribution in [-0.4, -0.2) is 18.4 Å². The number of fused-ring (bicyclic) bond motifs is 1. The zero-order valence-corrected chi connectivity index (χ0v) is 13.3. The summed E-state index contributed by atoms with van der Waals surface area (Å²) in [6.45, 7) is 2.00. The second-order valence-corrected chi connectivity index (χ2v) is 6.96. The molecule has 116 valence electrons. The van der Waals surface area contributed by atoms with Crippen LogP contribution < -0.4 is 5.73 Å². The van der Waals surface area contributed by atoms with Crippen LogP contribution in [0, 0.1) is 22.7 Å². The Morgan fingerprint density at radius 3 is 2.82 bits per heavy atom. The van der Waals surface area contributed by atoms with Crippen molar-refractivity contribution in [3.05, 3.63) is 16.0 Å². The number of thiophene rings is 1. The number of hydrogen-bond donors (Lipinski definition) is 1. The quantitative estimate of drug-likeness (QED) is 0.865. The molecule has 6 heteroatoms. The van der Waals surface area contributed by atoms with Crippen LogP contribution in [0.15, 0.2) is 0 Å². The lowest BCUT2D eigenvalue weighted by molar-refractivity contribution is 0.0525. The summed E-state index contributed by atoms with van der Waals surface area (Å²) in [7, 11) is 0. The van der Waals surface area contributed by atoms with Crippen LogP contribution in [0.4, 0.5) is 5.00 Å². The van der Waals surface area contributed by atoms with Crippen molar-refractivity contribution in [1.82, 2.24) is 0 Å². The third kappa shape index (κ3) is 1.96. The number of nitrogens with zero attached hydrogens (tertiary/aromatic N) is 1. The Balaban J connectivity index is 2.03. The van der Waals surface area contributed by atoms with E-state index in [0.717, 1.165) is 30.6 Å². The standard InChI is InChI=1S/C16H18N2O3S/c1-2-21-15(20)11-10-6-7-16(8-17,9-4-3-5-9)13(19)12(10)22-14(11)18/h9H,2-7,18H2,1H3. The van der Waals surface area contributed by atoms with Gasteiger partial charge in [0.1, 0.15) is 10.4 Å². The van der Waals surface area contributed by atoms with Crippen LogP contribution in [0.2, 0.25) is 0 Å². The number of nitrogen functional groups attached to an aromatic ring is 1. The number of anilines is 1. The van der Waals surface area contributed by atoms with Crippen LogP contribution >= 0.6 is 11.3 Å². The molecule has 0 spiro atoms. The fourth-order valence-corrected chi connectivity index (χ4v) is 4.59. The van der Waals surface area contributed by atoms with Crippen molar-refractivity contribution in [2.45, 2.75) is 39.0 Å². The van der Waals surface area contributed by atoms with Gasteiger partial charge in [0.25, 0.3) is 0 Å². The molecule has 0 aliphatic heterocycles. The molecule has 2 N–H and O–H groups in total.